The van der Waals surface area contributed by atoms with Crippen molar-refractivity contribution in [2.24, 2.45) is 0 Å². The zero-order chi connectivity index (χ0) is 18.7. The SMILES string of the molecule is Cc1nc(C(C)C)cc(N2CCN(C3CCN(C)CC3)C(CCO)C2)n1. The highest BCUT2D eigenvalue weighted by Gasteiger charge is 2.33. The molecular formula is C20H35N5O. The number of piperidine rings is 1. The van der Waals surface area contributed by atoms with E-state index in [0.717, 1.165) is 43.4 Å². The highest BCUT2D eigenvalue weighted by molar-refractivity contribution is 5.41. The van der Waals surface area contributed by atoms with E-state index < -0.39 is 0 Å². The maximum absolute atomic E-state index is 9.62. The second-order valence-corrected chi connectivity index (χ2v) is 8.24. The molecule has 6 nitrogen and oxygen atoms in total. The van der Waals surface area contributed by atoms with Gasteiger partial charge in [-0.15, -0.1) is 0 Å². The molecule has 2 aliphatic heterocycles. The standard InChI is InChI=1S/C20H35N5O/c1-15(2)19-13-20(22-16(3)21-19)24-10-11-25(18(14-24)7-12-26)17-5-8-23(4)9-6-17/h13,15,17-18,26H,5-12,14H2,1-4H3. The summed E-state index contributed by atoms with van der Waals surface area (Å²) in [5.74, 6) is 2.30. The van der Waals surface area contributed by atoms with Crippen molar-refractivity contribution in [2.45, 2.75) is 58.0 Å². The predicted octanol–water partition coefficient (Wildman–Crippen LogP) is 1.88. The fourth-order valence-electron chi connectivity index (χ4n) is 4.32. The average molecular weight is 362 g/mol. The molecule has 0 radical (unpaired) electrons. The Balaban J connectivity index is 1.73. The Morgan fingerprint density at radius 2 is 1.88 bits per heavy atom. The van der Waals surface area contributed by atoms with Crippen LogP contribution in [0.1, 0.15) is 50.5 Å². The maximum Gasteiger partial charge on any atom is 0.132 e. The van der Waals surface area contributed by atoms with Crippen molar-refractivity contribution >= 4 is 5.82 Å². The molecule has 1 unspecified atom stereocenters. The van der Waals surface area contributed by atoms with E-state index in [-0.39, 0.29) is 6.61 Å². The Labute approximate surface area is 158 Å². The van der Waals surface area contributed by atoms with Gasteiger partial charge in [0.1, 0.15) is 11.6 Å². The molecule has 3 rings (SSSR count). The van der Waals surface area contributed by atoms with Crippen molar-refractivity contribution in [3.05, 3.63) is 17.6 Å². The number of aliphatic hydroxyl groups is 1. The fraction of sp³-hybridized carbons (Fsp3) is 0.800. The molecule has 1 aromatic heterocycles. The monoisotopic (exact) mass is 361 g/mol. The number of anilines is 1. The van der Waals surface area contributed by atoms with Crippen LogP contribution in [-0.2, 0) is 0 Å². The van der Waals surface area contributed by atoms with E-state index >= 15 is 0 Å². The van der Waals surface area contributed by atoms with Crippen molar-refractivity contribution in [1.29, 1.82) is 0 Å². The fourth-order valence-corrected chi connectivity index (χ4v) is 4.32. The van der Waals surface area contributed by atoms with E-state index in [1.165, 1.54) is 25.9 Å². The second kappa shape index (κ2) is 8.63. The molecule has 6 heteroatoms. The van der Waals surface area contributed by atoms with Crippen LogP contribution in [0.3, 0.4) is 0 Å². The van der Waals surface area contributed by atoms with Crippen LogP contribution < -0.4 is 4.90 Å². The van der Waals surface area contributed by atoms with E-state index in [1.807, 2.05) is 6.92 Å². The van der Waals surface area contributed by atoms with Gasteiger partial charge in [-0.2, -0.15) is 0 Å². The number of hydrogen-bond acceptors (Lipinski definition) is 6. The third-order valence-corrected chi connectivity index (χ3v) is 5.91. The van der Waals surface area contributed by atoms with E-state index in [0.29, 0.717) is 18.0 Å². The maximum atomic E-state index is 9.62. The molecule has 0 aromatic carbocycles. The Kier molecular flexibility index (Phi) is 6.48. The molecule has 0 amide bonds. The number of hydrogen-bond donors (Lipinski definition) is 1. The average Bonchev–Trinajstić information content (AvgIpc) is 2.62. The largest absolute Gasteiger partial charge is 0.396 e. The van der Waals surface area contributed by atoms with Gasteiger partial charge >= 0.3 is 0 Å². The van der Waals surface area contributed by atoms with Crippen LogP contribution in [0.25, 0.3) is 0 Å². The molecule has 1 N–H and O–H groups in total. The number of aryl methyl sites for hydroxylation is 1. The minimum atomic E-state index is 0.252. The van der Waals surface area contributed by atoms with Crippen molar-refractivity contribution in [3.8, 4) is 0 Å². The van der Waals surface area contributed by atoms with Crippen LogP contribution in [0.5, 0.6) is 0 Å². The molecule has 146 valence electrons. The van der Waals surface area contributed by atoms with Gasteiger partial charge in [-0.25, -0.2) is 9.97 Å². The van der Waals surface area contributed by atoms with Gasteiger partial charge in [0.2, 0.25) is 0 Å². The van der Waals surface area contributed by atoms with Crippen molar-refractivity contribution < 1.29 is 5.11 Å². The van der Waals surface area contributed by atoms with E-state index in [9.17, 15) is 5.11 Å². The molecule has 3 heterocycles. The zero-order valence-corrected chi connectivity index (χ0v) is 16.9. The summed E-state index contributed by atoms with van der Waals surface area (Å²) in [5.41, 5.74) is 1.11. The minimum absolute atomic E-state index is 0.252. The van der Waals surface area contributed by atoms with Gasteiger partial charge in [-0.1, -0.05) is 13.8 Å². The van der Waals surface area contributed by atoms with Gasteiger partial charge in [0, 0.05) is 50.1 Å². The molecule has 0 saturated carbocycles. The first-order valence-corrected chi connectivity index (χ1v) is 10.1. The lowest BCUT2D eigenvalue weighted by atomic mass is 9.98. The van der Waals surface area contributed by atoms with E-state index in [2.05, 4.69) is 46.6 Å². The molecular weight excluding hydrogens is 326 g/mol. The molecule has 2 aliphatic rings. The summed E-state index contributed by atoms with van der Waals surface area (Å²) in [7, 11) is 2.21. The summed E-state index contributed by atoms with van der Waals surface area (Å²) >= 11 is 0. The molecule has 0 spiro atoms. The topological polar surface area (TPSA) is 55.7 Å². The normalized spacial score (nSPS) is 23.8. The number of aliphatic hydroxyl groups excluding tert-OH is 1. The van der Waals surface area contributed by atoms with Gasteiger partial charge < -0.3 is 14.9 Å². The number of likely N-dealkylation sites (tertiary alicyclic amines) is 1. The van der Waals surface area contributed by atoms with Crippen molar-refractivity contribution in [3.63, 3.8) is 0 Å². The van der Waals surface area contributed by atoms with Crippen LogP contribution in [0, 0.1) is 6.92 Å². The smallest absolute Gasteiger partial charge is 0.132 e. The second-order valence-electron chi connectivity index (χ2n) is 8.24. The summed E-state index contributed by atoms with van der Waals surface area (Å²) < 4.78 is 0. The van der Waals surface area contributed by atoms with Crippen molar-refractivity contribution in [1.82, 2.24) is 19.8 Å². The van der Waals surface area contributed by atoms with Crippen LogP contribution in [0.2, 0.25) is 0 Å². The Hall–Kier alpha value is -1.24. The van der Waals surface area contributed by atoms with Crippen LogP contribution >= 0.6 is 0 Å². The van der Waals surface area contributed by atoms with Crippen molar-refractivity contribution in [2.75, 3.05) is 51.3 Å². The van der Waals surface area contributed by atoms with Crippen LogP contribution in [-0.4, -0.2) is 83.3 Å². The predicted molar refractivity (Wildman–Crippen MR) is 106 cm³/mol. The van der Waals surface area contributed by atoms with Gasteiger partial charge in [-0.3, -0.25) is 4.90 Å². The summed E-state index contributed by atoms with van der Waals surface area (Å²) in [6.07, 6.45) is 3.31. The Morgan fingerprint density at radius 3 is 2.54 bits per heavy atom. The lowest BCUT2D eigenvalue weighted by molar-refractivity contribution is 0.0596. The number of aromatic nitrogens is 2. The number of rotatable bonds is 5. The Morgan fingerprint density at radius 1 is 1.15 bits per heavy atom. The Bertz CT molecular complexity index is 586. The molecule has 2 saturated heterocycles. The third kappa shape index (κ3) is 4.53. The first-order chi connectivity index (χ1) is 12.5. The third-order valence-electron chi connectivity index (χ3n) is 5.91. The molecule has 2 fully saturated rings. The number of piperazine rings is 1. The van der Waals surface area contributed by atoms with Gasteiger partial charge in [0.05, 0.1) is 0 Å². The van der Waals surface area contributed by atoms with Crippen LogP contribution in [0.4, 0.5) is 5.82 Å². The first kappa shape index (κ1) is 19.5. The molecule has 0 aliphatic carbocycles. The summed E-state index contributed by atoms with van der Waals surface area (Å²) in [6.45, 7) is 12.0. The van der Waals surface area contributed by atoms with E-state index in [4.69, 9.17) is 4.98 Å². The lowest BCUT2D eigenvalue weighted by Gasteiger charge is -2.47. The van der Waals surface area contributed by atoms with E-state index in [1.54, 1.807) is 0 Å². The molecule has 26 heavy (non-hydrogen) atoms. The zero-order valence-electron chi connectivity index (χ0n) is 16.9. The van der Waals surface area contributed by atoms with Gasteiger partial charge in [-0.05, 0) is 52.2 Å². The first-order valence-electron chi connectivity index (χ1n) is 10.1. The van der Waals surface area contributed by atoms with Gasteiger partial charge in [0.15, 0.2) is 0 Å². The summed E-state index contributed by atoms with van der Waals surface area (Å²) in [6, 6.07) is 3.21. The number of nitrogens with zero attached hydrogens (tertiary/aromatic N) is 5. The highest BCUT2D eigenvalue weighted by Crippen LogP contribution is 2.26. The molecule has 1 atom stereocenters. The quantitative estimate of drug-likeness (QED) is 0.864. The highest BCUT2D eigenvalue weighted by atomic mass is 16.3. The van der Waals surface area contributed by atoms with Crippen LogP contribution in [0.15, 0.2) is 6.07 Å². The lowest BCUT2D eigenvalue weighted by Crippen LogP contribution is -2.58. The molecule has 1 aromatic rings. The molecule has 0 bridgehead atoms. The summed E-state index contributed by atoms with van der Waals surface area (Å²) in [4.78, 5) is 16.8. The van der Waals surface area contributed by atoms with Gasteiger partial charge in [0.25, 0.3) is 0 Å². The summed E-state index contributed by atoms with van der Waals surface area (Å²) in [5, 5.41) is 9.62. The minimum Gasteiger partial charge on any atom is -0.396 e.